The summed E-state index contributed by atoms with van der Waals surface area (Å²) in [5.41, 5.74) is 7.63. The van der Waals surface area contributed by atoms with Crippen LogP contribution in [0.1, 0.15) is 50.5 Å². The molecule has 3 atom stereocenters. The minimum Gasteiger partial charge on any atom is -0.464 e. The maximum atomic E-state index is 13.5. The van der Waals surface area contributed by atoms with E-state index in [2.05, 4.69) is 10.6 Å². The van der Waals surface area contributed by atoms with Crippen LogP contribution in [-0.2, 0) is 19.1 Å². The maximum absolute atomic E-state index is 13.5. The van der Waals surface area contributed by atoms with Gasteiger partial charge in [0.1, 0.15) is 5.58 Å². The summed E-state index contributed by atoms with van der Waals surface area (Å²) in [4.78, 5) is 38.8. The molecule has 0 saturated carbocycles. The standard InChI is InChI=1S/C31H37N3O7/c1-2-39-31-20(11-9-17-35)22(23-19-40-26-14-6-3-10-21(26)29(23)37)18-27(41-31)30(38)33-16-8-7-15-28(36)34-25-13-5-4-12-24(25)32/h3-6,10,12-14,18-20,22,31,35H,2,7-9,11,15-17,32H2,1H3,(H,33,38)(H,34,36)/t20-,22-,31+/m0/s1. The number of nitrogens with one attached hydrogen (secondary N) is 2. The number of benzene rings is 2. The largest absolute Gasteiger partial charge is 0.464 e. The Hall–Kier alpha value is -4.15. The number of amides is 2. The van der Waals surface area contributed by atoms with E-state index < -0.39 is 18.1 Å². The number of nitrogen functional groups attached to an aromatic ring is 1. The molecule has 41 heavy (non-hydrogen) atoms. The van der Waals surface area contributed by atoms with Gasteiger partial charge in [-0.15, -0.1) is 0 Å². The Kier molecular flexibility index (Phi) is 10.5. The summed E-state index contributed by atoms with van der Waals surface area (Å²) in [6, 6.07) is 14.1. The van der Waals surface area contributed by atoms with Gasteiger partial charge in [-0.05, 0) is 62.9 Å². The van der Waals surface area contributed by atoms with E-state index in [0.717, 1.165) is 0 Å². The van der Waals surface area contributed by atoms with Crippen molar-refractivity contribution < 1.29 is 28.6 Å². The van der Waals surface area contributed by atoms with E-state index in [4.69, 9.17) is 19.6 Å². The Bertz CT molecular complexity index is 1430. The van der Waals surface area contributed by atoms with Crippen molar-refractivity contribution in [2.24, 2.45) is 5.92 Å². The molecule has 0 aliphatic carbocycles. The number of fused-ring (bicyclic) bond motifs is 1. The molecule has 4 rings (SSSR count). The first-order valence-corrected chi connectivity index (χ1v) is 14.0. The monoisotopic (exact) mass is 563 g/mol. The van der Waals surface area contributed by atoms with Crippen LogP contribution in [0.5, 0.6) is 0 Å². The summed E-state index contributed by atoms with van der Waals surface area (Å²) >= 11 is 0. The first kappa shape index (κ1) is 29.8. The predicted molar refractivity (Wildman–Crippen MR) is 156 cm³/mol. The van der Waals surface area contributed by atoms with Gasteiger partial charge < -0.3 is 35.4 Å². The molecule has 2 aromatic carbocycles. The minimum absolute atomic E-state index is 0.0256. The van der Waals surface area contributed by atoms with Crippen molar-refractivity contribution in [2.75, 3.05) is 30.8 Å². The minimum atomic E-state index is -0.790. The van der Waals surface area contributed by atoms with E-state index in [9.17, 15) is 19.5 Å². The Balaban J connectivity index is 1.44. The first-order chi connectivity index (χ1) is 19.9. The molecule has 0 bridgehead atoms. The Morgan fingerprint density at radius 2 is 1.85 bits per heavy atom. The number of allylic oxidation sites excluding steroid dienone is 1. The van der Waals surface area contributed by atoms with Gasteiger partial charge >= 0.3 is 0 Å². The number of anilines is 2. The van der Waals surface area contributed by atoms with Crippen LogP contribution in [0.3, 0.4) is 0 Å². The number of hydrogen-bond donors (Lipinski definition) is 4. The van der Waals surface area contributed by atoms with Crippen molar-refractivity contribution in [1.82, 2.24) is 5.32 Å². The summed E-state index contributed by atoms with van der Waals surface area (Å²) in [7, 11) is 0. The van der Waals surface area contributed by atoms with Crippen LogP contribution in [0.4, 0.5) is 11.4 Å². The Morgan fingerprint density at radius 3 is 2.63 bits per heavy atom. The second kappa shape index (κ2) is 14.5. The van der Waals surface area contributed by atoms with Gasteiger partial charge in [0.2, 0.25) is 12.2 Å². The number of hydrogen-bond acceptors (Lipinski definition) is 8. The molecule has 2 amide bonds. The number of para-hydroxylation sites is 3. The topological polar surface area (TPSA) is 153 Å². The molecule has 218 valence electrons. The molecule has 0 fully saturated rings. The van der Waals surface area contributed by atoms with E-state index in [1.165, 1.54) is 6.26 Å². The Morgan fingerprint density at radius 1 is 1.07 bits per heavy atom. The highest BCUT2D eigenvalue weighted by molar-refractivity contribution is 5.94. The zero-order chi connectivity index (χ0) is 29.2. The van der Waals surface area contributed by atoms with Gasteiger partial charge in [0, 0.05) is 43.6 Å². The van der Waals surface area contributed by atoms with E-state index >= 15 is 0 Å². The zero-order valence-corrected chi connectivity index (χ0v) is 23.1. The number of nitrogens with two attached hydrogens (primary N) is 1. The van der Waals surface area contributed by atoms with Gasteiger partial charge in [-0.25, -0.2) is 0 Å². The van der Waals surface area contributed by atoms with Gasteiger partial charge in [-0.2, -0.15) is 0 Å². The van der Waals surface area contributed by atoms with Gasteiger partial charge in [-0.3, -0.25) is 14.4 Å². The van der Waals surface area contributed by atoms with E-state index in [1.54, 1.807) is 54.6 Å². The molecular formula is C31H37N3O7. The number of carbonyl (C=O) groups is 2. The lowest BCUT2D eigenvalue weighted by Crippen LogP contribution is -2.40. The van der Waals surface area contributed by atoms with Gasteiger partial charge in [0.15, 0.2) is 11.2 Å². The molecule has 5 N–H and O–H groups in total. The first-order valence-electron chi connectivity index (χ1n) is 14.0. The van der Waals surface area contributed by atoms with E-state index in [0.29, 0.717) is 66.7 Å². The number of unbranched alkanes of at least 4 members (excludes halogenated alkanes) is 1. The lowest BCUT2D eigenvalue weighted by atomic mass is 9.81. The maximum Gasteiger partial charge on any atom is 0.286 e. The third-order valence-corrected chi connectivity index (χ3v) is 7.05. The quantitative estimate of drug-likeness (QED) is 0.179. The Labute approximate surface area is 238 Å². The van der Waals surface area contributed by atoms with E-state index in [1.807, 2.05) is 6.92 Å². The van der Waals surface area contributed by atoms with Crippen LogP contribution in [-0.4, -0.2) is 43.0 Å². The molecule has 1 aliphatic heterocycles. The fourth-order valence-corrected chi connectivity index (χ4v) is 4.97. The number of aliphatic hydroxyl groups excluding tert-OH is 1. The fraction of sp³-hybridized carbons (Fsp3) is 0.387. The second-order valence-corrected chi connectivity index (χ2v) is 9.89. The molecule has 1 aromatic heterocycles. The molecule has 10 heteroatoms. The summed E-state index contributed by atoms with van der Waals surface area (Å²) in [6.45, 7) is 2.47. The SMILES string of the molecule is CCO[C@@H]1OC(C(=O)NCCCCC(=O)Nc2ccccc2N)=C[C@H](c2coc3ccccc3c2=O)[C@@H]1CCCO. The second-order valence-electron chi connectivity index (χ2n) is 9.89. The molecule has 0 spiro atoms. The van der Waals surface area contributed by atoms with Crippen molar-refractivity contribution in [1.29, 1.82) is 0 Å². The summed E-state index contributed by atoms with van der Waals surface area (Å²) in [6.07, 6.45) is 4.70. The lowest BCUT2D eigenvalue weighted by molar-refractivity contribution is -0.166. The summed E-state index contributed by atoms with van der Waals surface area (Å²) < 4.78 is 17.6. The van der Waals surface area contributed by atoms with E-state index in [-0.39, 0.29) is 36.0 Å². The molecule has 2 heterocycles. The van der Waals surface area contributed by atoms with Gasteiger partial charge in [0.05, 0.1) is 23.0 Å². The number of aliphatic hydroxyl groups is 1. The van der Waals surface area contributed by atoms with Crippen molar-refractivity contribution in [3.63, 3.8) is 0 Å². The number of carbonyl (C=O) groups excluding carboxylic acids is 2. The molecule has 0 unspecified atom stereocenters. The average Bonchev–Trinajstić information content (AvgIpc) is 2.97. The van der Waals surface area contributed by atoms with Crippen molar-refractivity contribution in [2.45, 2.75) is 51.2 Å². The van der Waals surface area contributed by atoms with Crippen LogP contribution in [0.25, 0.3) is 11.0 Å². The molecule has 3 aromatic rings. The predicted octanol–water partition coefficient (Wildman–Crippen LogP) is 4.05. The lowest BCUT2D eigenvalue weighted by Gasteiger charge is -2.36. The van der Waals surface area contributed by atoms with Gasteiger partial charge in [-0.1, -0.05) is 24.3 Å². The van der Waals surface area contributed by atoms with Crippen LogP contribution in [0, 0.1) is 5.92 Å². The fourth-order valence-electron chi connectivity index (χ4n) is 4.97. The van der Waals surface area contributed by atoms with Crippen LogP contribution in [0.2, 0.25) is 0 Å². The summed E-state index contributed by atoms with van der Waals surface area (Å²) in [5, 5.41) is 15.6. The highest BCUT2D eigenvalue weighted by Gasteiger charge is 2.39. The molecule has 1 aliphatic rings. The molecule has 0 saturated heterocycles. The third-order valence-electron chi connectivity index (χ3n) is 7.05. The smallest absolute Gasteiger partial charge is 0.286 e. The van der Waals surface area contributed by atoms with Crippen molar-refractivity contribution >= 4 is 34.2 Å². The number of ether oxygens (including phenoxy) is 2. The third kappa shape index (κ3) is 7.53. The van der Waals surface area contributed by atoms with Crippen molar-refractivity contribution in [3.05, 3.63) is 82.4 Å². The molecule has 10 nitrogen and oxygen atoms in total. The van der Waals surface area contributed by atoms with Crippen LogP contribution >= 0.6 is 0 Å². The van der Waals surface area contributed by atoms with Crippen LogP contribution in [0.15, 0.2) is 75.8 Å². The van der Waals surface area contributed by atoms with Crippen LogP contribution < -0.4 is 21.8 Å². The highest BCUT2D eigenvalue weighted by atomic mass is 16.7. The van der Waals surface area contributed by atoms with Crippen molar-refractivity contribution in [3.8, 4) is 0 Å². The normalized spacial score (nSPS) is 18.4. The zero-order valence-electron chi connectivity index (χ0n) is 23.1. The highest BCUT2D eigenvalue weighted by Crippen LogP contribution is 2.38. The molecular weight excluding hydrogens is 526 g/mol. The summed E-state index contributed by atoms with van der Waals surface area (Å²) in [5.74, 6) is -1.38. The van der Waals surface area contributed by atoms with Gasteiger partial charge in [0.25, 0.3) is 5.91 Å². The average molecular weight is 564 g/mol. The number of rotatable bonds is 13. The molecule has 0 radical (unpaired) electrons.